The summed E-state index contributed by atoms with van der Waals surface area (Å²) in [5, 5.41) is 0. The molecular formula is C16H26O. The minimum absolute atomic E-state index is 0.394. The van der Waals surface area contributed by atoms with Gasteiger partial charge in [-0.05, 0) is 37.2 Å². The van der Waals surface area contributed by atoms with Crippen LogP contribution >= 0.6 is 0 Å². The second-order valence-electron chi connectivity index (χ2n) is 5.78. The Hall–Kier alpha value is -0.590. The summed E-state index contributed by atoms with van der Waals surface area (Å²) in [6.07, 6.45) is 15.0. The zero-order valence-corrected chi connectivity index (χ0v) is 11.2. The fourth-order valence-electron chi connectivity index (χ4n) is 3.39. The van der Waals surface area contributed by atoms with Gasteiger partial charge in [0, 0.05) is 5.92 Å². The first kappa shape index (κ1) is 12.9. The van der Waals surface area contributed by atoms with Crippen LogP contribution in [0.15, 0.2) is 11.6 Å². The average molecular weight is 234 g/mol. The molecule has 0 aromatic heterocycles. The number of ketones is 1. The third-order valence-electron chi connectivity index (χ3n) is 4.44. The van der Waals surface area contributed by atoms with E-state index in [-0.39, 0.29) is 0 Å². The molecule has 0 spiro atoms. The molecule has 0 aliphatic heterocycles. The van der Waals surface area contributed by atoms with Gasteiger partial charge >= 0.3 is 0 Å². The van der Waals surface area contributed by atoms with Gasteiger partial charge in [-0.1, -0.05) is 51.5 Å². The molecular weight excluding hydrogens is 208 g/mol. The highest BCUT2D eigenvalue weighted by atomic mass is 16.1. The van der Waals surface area contributed by atoms with Crippen LogP contribution in [0.2, 0.25) is 0 Å². The molecule has 0 bridgehead atoms. The van der Waals surface area contributed by atoms with Gasteiger partial charge < -0.3 is 0 Å². The molecule has 2 rings (SSSR count). The van der Waals surface area contributed by atoms with Crippen LogP contribution in [0.4, 0.5) is 0 Å². The standard InChI is InChI=1S/C16H26O/c1-2-3-4-5-6-7-9-14-12-13-10-8-11-15(13)16(14)17/h12-13,15H,2-11H2,1H3. The maximum Gasteiger partial charge on any atom is 0.162 e. The van der Waals surface area contributed by atoms with Gasteiger partial charge in [-0.3, -0.25) is 4.79 Å². The Morgan fingerprint density at radius 3 is 2.65 bits per heavy atom. The van der Waals surface area contributed by atoms with Crippen LogP contribution < -0.4 is 0 Å². The number of rotatable bonds is 7. The number of Topliss-reactive ketones (excluding diaryl/α,β-unsaturated/α-hetero) is 1. The Morgan fingerprint density at radius 1 is 1.12 bits per heavy atom. The average Bonchev–Trinajstić information content (AvgIpc) is 2.88. The zero-order chi connectivity index (χ0) is 12.1. The van der Waals surface area contributed by atoms with E-state index in [1.54, 1.807) is 0 Å². The Bertz CT molecular complexity index is 290. The van der Waals surface area contributed by atoms with E-state index in [9.17, 15) is 4.79 Å². The molecule has 0 radical (unpaired) electrons. The first-order chi connectivity index (χ1) is 8.33. The number of fused-ring (bicyclic) bond motifs is 1. The van der Waals surface area contributed by atoms with Crippen molar-refractivity contribution in [3.8, 4) is 0 Å². The quantitative estimate of drug-likeness (QED) is 0.585. The molecule has 0 N–H and O–H groups in total. The molecule has 1 heteroatoms. The minimum atomic E-state index is 0.394. The summed E-state index contributed by atoms with van der Waals surface area (Å²) >= 11 is 0. The van der Waals surface area contributed by atoms with Gasteiger partial charge in [-0.15, -0.1) is 0 Å². The van der Waals surface area contributed by atoms with Crippen molar-refractivity contribution in [3.05, 3.63) is 11.6 Å². The Labute approximate surface area is 106 Å². The number of unbranched alkanes of at least 4 members (excludes halogenated alkanes) is 5. The van der Waals surface area contributed by atoms with E-state index in [1.165, 1.54) is 56.9 Å². The highest BCUT2D eigenvalue weighted by Gasteiger charge is 2.37. The molecule has 2 aliphatic rings. The fourth-order valence-corrected chi connectivity index (χ4v) is 3.39. The molecule has 0 aromatic rings. The van der Waals surface area contributed by atoms with Crippen molar-refractivity contribution < 1.29 is 4.79 Å². The smallest absolute Gasteiger partial charge is 0.162 e. The van der Waals surface area contributed by atoms with Crippen LogP contribution in [-0.4, -0.2) is 5.78 Å². The molecule has 0 saturated heterocycles. The Kier molecular flexibility index (Phi) is 4.82. The molecule has 17 heavy (non-hydrogen) atoms. The lowest BCUT2D eigenvalue weighted by molar-refractivity contribution is -0.118. The van der Waals surface area contributed by atoms with Crippen molar-refractivity contribution >= 4 is 5.78 Å². The Balaban J connectivity index is 1.65. The molecule has 1 fully saturated rings. The maximum atomic E-state index is 12.1. The van der Waals surface area contributed by atoms with E-state index in [4.69, 9.17) is 0 Å². The van der Waals surface area contributed by atoms with Crippen molar-refractivity contribution in [3.63, 3.8) is 0 Å². The number of hydrogen-bond acceptors (Lipinski definition) is 1. The van der Waals surface area contributed by atoms with Crippen LogP contribution in [0.5, 0.6) is 0 Å². The van der Waals surface area contributed by atoms with Gasteiger partial charge in [0.15, 0.2) is 5.78 Å². The third kappa shape index (κ3) is 3.20. The first-order valence-corrected chi connectivity index (χ1v) is 7.58. The summed E-state index contributed by atoms with van der Waals surface area (Å²) < 4.78 is 0. The molecule has 2 atom stereocenters. The summed E-state index contributed by atoms with van der Waals surface area (Å²) in [6.45, 7) is 2.25. The largest absolute Gasteiger partial charge is 0.294 e. The van der Waals surface area contributed by atoms with E-state index in [0.29, 0.717) is 17.6 Å². The summed E-state index contributed by atoms with van der Waals surface area (Å²) in [5.41, 5.74) is 1.18. The van der Waals surface area contributed by atoms with E-state index in [0.717, 1.165) is 12.8 Å². The first-order valence-electron chi connectivity index (χ1n) is 7.58. The van der Waals surface area contributed by atoms with Gasteiger partial charge in [0.25, 0.3) is 0 Å². The van der Waals surface area contributed by atoms with Gasteiger partial charge in [0.05, 0.1) is 0 Å². The molecule has 0 aromatic carbocycles. The number of carbonyl (C=O) groups excluding carboxylic acids is 1. The van der Waals surface area contributed by atoms with E-state index in [1.807, 2.05) is 0 Å². The second-order valence-corrected chi connectivity index (χ2v) is 5.78. The van der Waals surface area contributed by atoms with Crippen molar-refractivity contribution in [1.82, 2.24) is 0 Å². The van der Waals surface area contributed by atoms with Crippen LogP contribution in [0.25, 0.3) is 0 Å². The lowest BCUT2D eigenvalue weighted by Crippen LogP contribution is -2.11. The molecule has 2 aliphatic carbocycles. The summed E-state index contributed by atoms with van der Waals surface area (Å²) in [6, 6.07) is 0. The molecule has 1 nitrogen and oxygen atoms in total. The maximum absolute atomic E-state index is 12.1. The lowest BCUT2D eigenvalue weighted by Gasteiger charge is -2.06. The van der Waals surface area contributed by atoms with Crippen LogP contribution in [-0.2, 0) is 4.79 Å². The Morgan fingerprint density at radius 2 is 1.88 bits per heavy atom. The third-order valence-corrected chi connectivity index (χ3v) is 4.44. The van der Waals surface area contributed by atoms with Gasteiger partial charge in [0.1, 0.15) is 0 Å². The van der Waals surface area contributed by atoms with Crippen molar-refractivity contribution in [2.24, 2.45) is 11.8 Å². The van der Waals surface area contributed by atoms with E-state index < -0.39 is 0 Å². The van der Waals surface area contributed by atoms with Crippen LogP contribution in [0.3, 0.4) is 0 Å². The van der Waals surface area contributed by atoms with Crippen LogP contribution in [0, 0.1) is 11.8 Å². The highest BCUT2D eigenvalue weighted by molar-refractivity contribution is 6.00. The number of allylic oxidation sites excluding steroid dienone is 2. The molecule has 0 amide bonds. The molecule has 1 saturated carbocycles. The SMILES string of the molecule is CCCCCCCCC1=CC2CCCC2C1=O. The van der Waals surface area contributed by atoms with E-state index in [2.05, 4.69) is 13.0 Å². The highest BCUT2D eigenvalue weighted by Crippen LogP contribution is 2.41. The fraction of sp³-hybridized carbons (Fsp3) is 0.812. The predicted octanol–water partition coefficient (Wildman–Crippen LogP) is 4.66. The monoisotopic (exact) mass is 234 g/mol. The molecule has 96 valence electrons. The topological polar surface area (TPSA) is 17.1 Å². The molecule has 2 unspecified atom stereocenters. The second kappa shape index (κ2) is 6.37. The minimum Gasteiger partial charge on any atom is -0.294 e. The molecule has 0 heterocycles. The summed E-state index contributed by atoms with van der Waals surface area (Å²) in [5.74, 6) is 1.52. The van der Waals surface area contributed by atoms with Crippen molar-refractivity contribution in [1.29, 1.82) is 0 Å². The lowest BCUT2D eigenvalue weighted by atomic mass is 9.97. The van der Waals surface area contributed by atoms with Gasteiger partial charge in [-0.2, -0.15) is 0 Å². The normalized spacial score (nSPS) is 27.4. The van der Waals surface area contributed by atoms with Gasteiger partial charge in [-0.25, -0.2) is 0 Å². The van der Waals surface area contributed by atoms with Crippen LogP contribution in [0.1, 0.15) is 71.1 Å². The van der Waals surface area contributed by atoms with Gasteiger partial charge in [0.2, 0.25) is 0 Å². The predicted molar refractivity (Wildman–Crippen MR) is 71.9 cm³/mol. The summed E-state index contributed by atoms with van der Waals surface area (Å²) in [7, 11) is 0. The van der Waals surface area contributed by atoms with Crippen molar-refractivity contribution in [2.45, 2.75) is 71.1 Å². The summed E-state index contributed by atoms with van der Waals surface area (Å²) in [4.78, 5) is 12.1. The van der Waals surface area contributed by atoms with Crippen molar-refractivity contribution in [2.75, 3.05) is 0 Å². The number of carbonyl (C=O) groups is 1. The van der Waals surface area contributed by atoms with E-state index >= 15 is 0 Å². The zero-order valence-electron chi connectivity index (χ0n) is 11.2. The number of hydrogen-bond donors (Lipinski definition) is 0.